The summed E-state index contributed by atoms with van der Waals surface area (Å²) in [6, 6.07) is 14.1. The van der Waals surface area contributed by atoms with Crippen LogP contribution < -0.4 is 5.73 Å². The zero-order valence-corrected chi connectivity index (χ0v) is 20.5. The number of sulfonamides is 1. The largest absolute Gasteiger partial charge is 0.370 e. The number of primary amides is 1. The van der Waals surface area contributed by atoms with E-state index in [1.807, 2.05) is 44.2 Å². The molecule has 6 nitrogen and oxygen atoms in total. The smallest absolute Gasteiger partial charge is 0.243 e. The van der Waals surface area contributed by atoms with E-state index in [1.54, 1.807) is 37.5 Å². The van der Waals surface area contributed by atoms with E-state index in [2.05, 4.69) is 4.98 Å². The molecule has 0 radical (unpaired) electrons. The van der Waals surface area contributed by atoms with Gasteiger partial charge in [0, 0.05) is 36.4 Å². The van der Waals surface area contributed by atoms with E-state index in [0.717, 1.165) is 22.3 Å². The van der Waals surface area contributed by atoms with Gasteiger partial charge in [0.1, 0.15) is 0 Å². The highest BCUT2D eigenvalue weighted by Gasteiger charge is 2.31. The van der Waals surface area contributed by atoms with Crippen molar-refractivity contribution in [2.24, 2.45) is 5.73 Å². The van der Waals surface area contributed by atoms with E-state index in [4.69, 9.17) is 17.3 Å². The number of aromatic nitrogens is 1. The first kappa shape index (κ1) is 24.9. The number of halogens is 1. The molecule has 0 aliphatic heterocycles. The van der Waals surface area contributed by atoms with Crippen LogP contribution in [0.15, 0.2) is 65.8 Å². The molecular weight excluding hydrogens is 458 g/mol. The summed E-state index contributed by atoms with van der Waals surface area (Å²) < 4.78 is 28.9. The third-order valence-corrected chi connectivity index (χ3v) is 8.26. The zero-order valence-electron chi connectivity index (χ0n) is 19.0. The molecule has 1 unspecified atom stereocenters. The highest BCUT2D eigenvalue weighted by molar-refractivity contribution is 7.89. The number of rotatable bonds is 9. The number of nitrogens with zero attached hydrogens (tertiary/aromatic N) is 2. The van der Waals surface area contributed by atoms with E-state index >= 15 is 0 Å². The number of carbonyl (C=O) groups excluding carboxylic acids is 1. The molecule has 1 atom stereocenters. The number of hydrogen-bond acceptors (Lipinski definition) is 4. The number of pyridine rings is 1. The van der Waals surface area contributed by atoms with Crippen molar-refractivity contribution >= 4 is 27.5 Å². The fourth-order valence-electron chi connectivity index (χ4n) is 3.85. The van der Waals surface area contributed by atoms with E-state index in [-0.39, 0.29) is 17.9 Å². The van der Waals surface area contributed by atoms with Gasteiger partial charge in [0.05, 0.1) is 4.90 Å². The molecule has 0 fully saturated rings. The van der Waals surface area contributed by atoms with Crippen LogP contribution >= 0.6 is 11.6 Å². The highest BCUT2D eigenvalue weighted by atomic mass is 35.5. The number of hydrogen-bond donors (Lipinski definition) is 1. The Bertz CT molecular complexity index is 1260. The van der Waals surface area contributed by atoms with Gasteiger partial charge >= 0.3 is 0 Å². The van der Waals surface area contributed by atoms with Crippen LogP contribution in [-0.2, 0) is 14.8 Å². The van der Waals surface area contributed by atoms with E-state index in [1.165, 1.54) is 4.31 Å². The average Bonchev–Trinajstić information content (AvgIpc) is 2.78. The molecule has 2 aromatic carbocycles. The molecule has 0 saturated heterocycles. The van der Waals surface area contributed by atoms with Gasteiger partial charge in [-0.1, -0.05) is 35.9 Å². The van der Waals surface area contributed by atoms with Gasteiger partial charge in [-0.2, -0.15) is 4.31 Å². The van der Waals surface area contributed by atoms with Crippen LogP contribution in [0.1, 0.15) is 42.5 Å². The van der Waals surface area contributed by atoms with Crippen LogP contribution in [-0.4, -0.2) is 30.2 Å². The topological polar surface area (TPSA) is 93.4 Å². The second-order valence-electron chi connectivity index (χ2n) is 8.04. The summed E-state index contributed by atoms with van der Waals surface area (Å²) in [4.78, 5) is 15.6. The maximum absolute atomic E-state index is 13.7. The van der Waals surface area contributed by atoms with Crippen LogP contribution in [0.25, 0.3) is 11.1 Å². The van der Waals surface area contributed by atoms with E-state index < -0.39 is 22.0 Å². The van der Waals surface area contributed by atoms with E-state index in [9.17, 15) is 13.2 Å². The second-order valence-corrected chi connectivity index (χ2v) is 10.3. The highest BCUT2D eigenvalue weighted by Crippen LogP contribution is 2.33. The summed E-state index contributed by atoms with van der Waals surface area (Å²) in [7, 11) is -3.90. The van der Waals surface area contributed by atoms with E-state index in [0.29, 0.717) is 17.0 Å². The lowest BCUT2D eigenvalue weighted by Gasteiger charge is -2.30. The average molecular weight is 486 g/mol. The minimum atomic E-state index is -3.90. The molecule has 1 aromatic heterocycles. The van der Waals surface area contributed by atoms with Crippen LogP contribution in [0, 0.1) is 13.8 Å². The summed E-state index contributed by atoms with van der Waals surface area (Å²) in [6.07, 6.45) is 3.96. The maximum Gasteiger partial charge on any atom is 0.243 e. The van der Waals surface area contributed by atoms with Crippen molar-refractivity contribution in [3.8, 4) is 11.1 Å². The first-order chi connectivity index (χ1) is 15.6. The standard InChI is InChI=1S/C25H28ClN3O3S/c1-17-16-28-13-12-22(17)21-8-4-7-20(15-21)19(3)29(14-6-11-25(27)30)33(31,32)24-10-5-9-23(26)18(24)2/h4-5,7-10,12-13,15-16,19H,6,11,14H2,1-3H3,(H2,27,30). The lowest BCUT2D eigenvalue weighted by Crippen LogP contribution is -2.35. The monoisotopic (exact) mass is 485 g/mol. The molecular formula is C25H28ClN3O3S. The number of aryl methyl sites for hydroxylation is 1. The van der Waals surface area contributed by atoms with Gasteiger partial charge in [0.25, 0.3) is 0 Å². The van der Waals surface area contributed by atoms with Crippen molar-refractivity contribution in [3.63, 3.8) is 0 Å². The van der Waals surface area contributed by atoms with Crippen molar-refractivity contribution in [1.29, 1.82) is 0 Å². The predicted molar refractivity (Wildman–Crippen MR) is 131 cm³/mol. The van der Waals surface area contributed by atoms with Crippen molar-refractivity contribution < 1.29 is 13.2 Å². The Kier molecular flexibility index (Phi) is 7.89. The fraction of sp³-hybridized carbons (Fsp3) is 0.280. The number of carbonyl (C=O) groups is 1. The van der Waals surface area contributed by atoms with Gasteiger partial charge in [-0.15, -0.1) is 0 Å². The number of benzene rings is 2. The molecule has 0 bridgehead atoms. The molecule has 2 N–H and O–H groups in total. The number of nitrogens with two attached hydrogens (primary N) is 1. The third-order valence-electron chi connectivity index (χ3n) is 5.74. The second kappa shape index (κ2) is 10.5. The SMILES string of the molecule is Cc1cnccc1-c1cccc(C(C)N(CCCC(N)=O)S(=O)(=O)c2cccc(Cl)c2C)c1. The van der Waals surface area contributed by atoms with Crippen molar-refractivity contribution in [3.05, 3.63) is 82.6 Å². The molecule has 8 heteroatoms. The molecule has 174 valence electrons. The van der Waals surface area contributed by atoms with Crippen LogP contribution in [0.5, 0.6) is 0 Å². The van der Waals surface area contributed by atoms with Gasteiger partial charge in [0.2, 0.25) is 15.9 Å². The molecule has 1 amide bonds. The molecule has 33 heavy (non-hydrogen) atoms. The van der Waals surface area contributed by atoms with Crippen LogP contribution in [0.4, 0.5) is 0 Å². The van der Waals surface area contributed by atoms with Gasteiger partial charge in [0.15, 0.2) is 0 Å². The Morgan fingerprint density at radius 1 is 1.15 bits per heavy atom. The first-order valence-electron chi connectivity index (χ1n) is 10.7. The van der Waals surface area contributed by atoms with Gasteiger partial charge in [-0.3, -0.25) is 9.78 Å². The van der Waals surface area contributed by atoms with Crippen LogP contribution in [0.2, 0.25) is 5.02 Å². The minimum Gasteiger partial charge on any atom is -0.370 e. The number of amides is 1. The molecule has 3 rings (SSSR count). The molecule has 1 heterocycles. The lowest BCUT2D eigenvalue weighted by atomic mass is 9.98. The fourth-order valence-corrected chi connectivity index (χ4v) is 5.99. The summed E-state index contributed by atoms with van der Waals surface area (Å²) in [5.41, 5.74) is 9.68. The van der Waals surface area contributed by atoms with Crippen LogP contribution in [0.3, 0.4) is 0 Å². The molecule has 0 saturated carbocycles. The Hall–Kier alpha value is -2.74. The first-order valence-corrected chi connectivity index (χ1v) is 12.5. The summed E-state index contributed by atoms with van der Waals surface area (Å²) in [5, 5.41) is 0.385. The molecule has 3 aromatic rings. The van der Waals surface area contributed by atoms with Crippen molar-refractivity contribution in [1.82, 2.24) is 9.29 Å². The Labute approximate surface area is 200 Å². The Balaban J connectivity index is 2.04. The Morgan fingerprint density at radius 2 is 1.88 bits per heavy atom. The maximum atomic E-state index is 13.7. The van der Waals surface area contributed by atoms with Gasteiger partial charge in [-0.05, 0) is 79.3 Å². The lowest BCUT2D eigenvalue weighted by molar-refractivity contribution is -0.118. The Morgan fingerprint density at radius 3 is 2.58 bits per heavy atom. The zero-order chi connectivity index (χ0) is 24.2. The minimum absolute atomic E-state index is 0.101. The predicted octanol–water partition coefficient (Wildman–Crippen LogP) is 5.04. The quantitative estimate of drug-likeness (QED) is 0.459. The molecule has 0 aliphatic carbocycles. The van der Waals surface area contributed by atoms with Gasteiger partial charge in [-0.25, -0.2) is 8.42 Å². The summed E-state index contributed by atoms with van der Waals surface area (Å²) >= 11 is 6.22. The summed E-state index contributed by atoms with van der Waals surface area (Å²) in [6.45, 7) is 5.67. The van der Waals surface area contributed by atoms with Gasteiger partial charge < -0.3 is 5.73 Å². The van der Waals surface area contributed by atoms with Crippen molar-refractivity contribution in [2.45, 2.75) is 44.6 Å². The third kappa shape index (κ3) is 5.61. The van der Waals surface area contributed by atoms with Crippen molar-refractivity contribution in [2.75, 3.05) is 6.54 Å². The molecule has 0 spiro atoms. The summed E-state index contributed by atoms with van der Waals surface area (Å²) in [5.74, 6) is -0.464. The molecule has 0 aliphatic rings. The normalized spacial score (nSPS) is 12.6.